The van der Waals surface area contributed by atoms with E-state index >= 15 is 0 Å². The maximum Gasteiger partial charge on any atom is 0.329 e. The zero-order chi connectivity index (χ0) is 23.4. The number of rotatable bonds is 7. The smallest absolute Gasteiger partial charge is 0.329 e. The summed E-state index contributed by atoms with van der Waals surface area (Å²) in [4.78, 5) is 38.1. The Morgan fingerprint density at radius 1 is 1.03 bits per heavy atom. The molecule has 1 aliphatic heterocycles. The second-order valence-electron chi connectivity index (χ2n) is 7.09. The topological polar surface area (TPSA) is 110 Å². The summed E-state index contributed by atoms with van der Waals surface area (Å²) in [5, 5.41) is 5.12. The van der Waals surface area contributed by atoms with E-state index in [9.17, 15) is 14.4 Å². The molecule has 0 spiro atoms. The van der Waals surface area contributed by atoms with Crippen molar-refractivity contribution in [3.8, 4) is 22.8 Å². The number of furan rings is 1. The average Bonchev–Trinajstić information content (AvgIpc) is 3.40. The van der Waals surface area contributed by atoms with Crippen LogP contribution in [0.25, 0.3) is 17.4 Å². The molecule has 33 heavy (non-hydrogen) atoms. The number of carbonyl (C=O) groups excluding carboxylic acids is 3. The van der Waals surface area contributed by atoms with Crippen molar-refractivity contribution >= 4 is 29.6 Å². The van der Waals surface area contributed by atoms with E-state index in [1.807, 2.05) is 24.3 Å². The van der Waals surface area contributed by atoms with Crippen molar-refractivity contribution in [2.24, 2.45) is 0 Å². The van der Waals surface area contributed by atoms with Gasteiger partial charge in [-0.2, -0.15) is 0 Å². The van der Waals surface area contributed by atoms with Gasteiger partial charge in [0.15, 0.2) is 0 Å². The van der Waals surface area contributed by atoms with Crippen LogP contribution in [0.15, 0.2) is 70.8 Å². The number of ether oxygens (including phenoxy) is 2. The van der Waals surface area contributed by atoms with Crippen LogP contribution in [-0.2, 0) is 9.59 Å². The molecule has 2 N–H and O–H groups in total. The summed E-state index contributed by atoms with van der Waals surface area (Å²) in [5.41, 5.74) is 1.34. The maximum atomic E-state index is 12.7. The van der Waals surface area contributed by atoms with Crippen LogP contribution in [0.5, 0.6) is 11.5 Å². The Hall–Kier alpha value is -4.53. The maximum absolute atomic E-state index is 12.7. The van der Waals surface area contributed by atoms with Gasteiger partial charge in [-0.25, -0.2) is 9.69 Å². The molecule has 1 aromatic heterocycles. The molecule has 1 saturated heterocycles. The summed E-state index contributed by atoms with van der Waals surface area (Å²) in [6.07, 6.45) is 1.42. The minimum Gasteiger partial charge on any atom is -0.497 e. The van der Waals surface area contributed by atoms with Gasteiger partial charge in [0.1, 0.15) is 35.3 Å². The molecule has 2 heterocycles. The fraction of sp³-hybridized carbons (Fsp3) is 0.125. The molecule has 0 radical (unpaired) electrons. The standard InChI is InChI=1S/C24H21N3O6/c1-31-17-8-6-16(7-9-17)25-22(28)14-27-23(29)20(26-24(27)30)13-19-10-11-21(33-19)15-4-3-5-18(12-15)32-2/h3-13H,14H2,1-2H3,(H,25,28)(H,26,30)/b20-13-. The van der Waals surface area contributed by atoms with Crippen LogP contribution >= 0.6 is 0 Å². The molecule has 168 valence electrons. The first kappa shape index (κ1) is 21.7. The molecule has 4 rings (SSSR count). The molecule has 0 aliphatic carbocycles. The fourth-order valence-corrected chi connectivity index (χ4v) is 3.24. The summed E-state index contributed by atoms with van der Waals surface area (Å²) in [6, 6.07) is 16.8. The molecule has 9 nitrogen and oxygen atoms in total. The Labute approximate surface area is 189 Å². The van der Waals surface area contributed by atoms with Gasteiger partial charge in [0.2, 0.25) is 5.91 Å². The van der Waals surface area contributed by atoms with E-state index in [0.717, 1.165) is 10.5 Å². The van der Waals surface area contributed by atoms with Gasteiger partial charge in [0.25, 0.3) is 5.91 Å². The minimum atomic E-state index is -0.685. The van der Waals surface area contributed by atoms with Gasteiger partial charge in [-0.05, 0) is 48.5 Å². The molecular weight excluding hydrogens is 426 g/mol. The Balaban J connectivity index is 1.43. The Kier molecular flexibility index (Phi) is 6.12. The molecule has 1 aliphatic rings. The summed E-state index contributed by atoms with van der Waals surface area (Å²) in [6.45, 7) is -0.429. The summed E-state index contributed by atoms with van der Waals surface area (Å²) in [7, 11) is 3.12. The number of carbonyl (C=O) groups is 3. The number of methoxy groups -OCH3 is 2. The quantitative estimate of drug-likeness (QED) is 0.424. The average molecular weight is 447 g/mol. The number of urea groups is 1. The second kappa shape index (κ2) is 9.31. The van der Waals surface area contributed by atoms with E-state index in [1.165, 1.54) is 6.08 Å². The van der Waals surface area contributed by atoms with E-state index in [2.05, 4.69) is 10.6 Å². The van der Waals surface area contributed by atoms with Crippen LogP contribution in [0, 0.1) is 0 Å². The molecular formula is C24H21N3O6. The highest BCUT2D eigenvalue weighted by molar-refractivity contribution is 6.15. The van der Waals surface area contributed by atoms with Crippen LogP contribution < -0.4 is 20.1 Å². The number of amides is 4. The van der Waals surface area contributed by atoms with E-state index < -0.39 is 24.4 Å². The van der Waals surface area contributed by atoms with E-state index in [-0.39, 0.29) is 5.70 Å². The number of benzene rings is 2. The number of nitrogens with one attached hydrogen (secondary N) is 2. The van der Waals surface area contributed by atoms with Crippen molar-refractivity contribution in [3.63, 3.8) is 0 Å². The molecule has 0 bridgehead atoms. The highest BCUT2D eigenvalue weighted by Crippen LogP contribution is 2.27. The van der Waals surface area contributed by atoms with Gasteiger partial charge < -0.3 is 24.5 Å². The minimum absolute atomic E-state index is 0.0174. The van der Waals surface area contributed by atoms with Crippen LogP contribution in [-0.4, -0.2) is 43.5 Å². The zero-order valence-electron chi connectivity index (χ0n) is 18.0. The first-order valence-corrected chi connectivity index (χ1v) is 9.99. The highest BCUT2D eigenvalue weighted by Gasteiger charge is 2.35. The van der Waals surface area contributed by atoms with Crippen LogP contribution in [0.1, 0.15) is 5.76 Å². The summed E-state index contributed by atoms with van der Waals surface area (Å²) in [5.74, 6) is 1.15. The number of anilines is 1. The lowest BCUT2D eigenvalue weighted by Crippen LogP contribution is -2.38. The fourth-order valence-electron chi connectivity index (χ4n) is 3.24. The molecule has 3 aromatic rings. The first-order valence-electron chi connectivity index (χ1n) is 9.99. The normalized spacial score (nSPS) is 14.4. The predicted octanol–water partition coefficient (Wildman–Crippen LogP) is 3.50. The van der Waals surface area contributed by atoms with Gasteiger partial charge in [-0.3, -0.25) is 9.59 Å². The Morgan fingerprint density at radius 2 is 1.79 bits per heavy atom. The molecule has 0 saturated carbocycles. The highest BCUT2D eigenvalue weighted by atomic mass is 16.5. The van der Waals surface area contributed by atoms with Crippen molar-refractivity contribution in [1.82, 2.24) is 10.2 Å². The van der Waals surface area contributed by atoms with Gasteiger partial charge in [0.05, 0.1) is 14.2 Å². The number of hydrogen-bond donors (Lipinski definition) is 2. The number of imide groups is 1. The van der Waals surface area contributed by atoms with Crippen LogP contribution in [0.2, 0.25) is 0 Å². The van der Waals surface area contributed by atoms with Crippen molar-refractivity contribution < 1.29 is 28.3 Å². The first-order chi connectivity index (χ1) is 16.0. The summed E-state index contributed by atoms with van der Waals surface area (Å²) >= 11 is 0. The molecule has 0 unspecified atom stereocenters. The lowest BCUT2D eigenvalue weighted by atomic mass is 10.2. The van der Waals surface area contributed by atoms with Gasteiger partial charge in [-0.1, -0.05) is 12.1 Å². The molecule has 1 fully saturated rings. The molecule has 9 heteroatoms. The van der Waals surface area contributed by atoms with Crippen LogP contribution in [0.4, 0.5) is 10.5 Å². The van der Waals surface area contributed by atoms with Gasteiger partial charge in [-0.15, -0.1) is 0 Å². The van der Waals surface area contributed by atoms with Gasteiger partial charge >= 0.3 is 6.03 Å². The Morgan fingerprint density at radius 3 is 2.52 bits per heavy atom. The monoisotopic (exact) mass is 447 g/mol. The van der Waals surface area contributed by atoms with Crippen molar-refractivity contribution in [1.29, 1.82) is 0 Å². The SMILES string of the molecule is COc1ccc(NC(=O)CN2C(=O)N/C(=C\c3ccc(-c4cccc(OC)c4)o3)C2=O)cc1. The molecule has 2 aromatic carbocycles. The lowest BCUT2D eigenvalue weighted by molar-refractivity contribution is -0.127. The Bertz CT molecular complexity index is 1230. The number of nitrogens with zero attached hydrogens (tertiary/aromatic N) is 1. The van der Waals surface area contributed by atoms with Crippen molar-refractivity contribution in [2.45, 2.75) is 0 Å². The third-order valence-electron chi connectivity index (χ3n) is 4.91. The third-order valence-corrected chi connectivity index (χ3v) is 4.91. The largest absolute Gasteiger partial charge is 0.497 e. The van der Waals surface area contributed by atoms with Crippen molar-refractivity contribution in [2.75, 3.05) is 26.1 Å². The van der Waals surface area contributed by atoms with Crippen molar-refractivity contribution in [3.05, 3.63) is 72.1 Å². The predicted molar refractivity (Wildman–Crippen MR) is 121 cm³/mol. The molecule has 4 amide bonds. The van der Waals surface area contributed by atoms with Gasteiger partial charge in [0, 0.05) is 17.3 Å². The van der Waals surface area contributed by atoms with E-state index in [1.54, 1.807) is 50.6 Å². The van der Waals surface area contributed by atoms with E-state index in [0.29, 0.717) is 28.7 Å². The molecule has 0 atom stereocenters. The summed E-state index contributed by atoms with van der Waals surface area (Å²) < 4.78 is 16.1. The third kappa shape index (κ3) is 4.87. The second-order valence-corrected chi connectivity index (χ2v) is 7.09. The van der Waals surface area contributed by atoms with E-state index in [4.69, 9.17) is 13.9 Å². The zero-order valence-corrected chi connectivity index (χ0v) is 18.0. The number of hydrogen-bond acceptors (Lipinski definition) is 6. The lowest BCUT2D eigenvalue weighted by Gasteiger charge is -2.12. The van der Waals surface area contributed by atoms with Crippen LogP contribution in [0.3, 0.4) is 0 Å².